The highest BCUT2D eigenvalue weighted by Gasteiger charge is 2.21. The minimum Gasteiger partial charge on any atom is -0.395 e. The molecule has 2 N–H and O–H groups in total. The molecule has 6 nitrogen and oxygen atoms in total. The molecule has 2 aliphatic rings. The zero-order valence-corrected chi connectivity index (χ0v) is 10.3. The Morgan fingerprint density at radius 1 is 1.00 bits per heavy atom. The van der Waals surface area contributed by atoms with E-state index in [0.29, 0.717) is 0 Å². The summed E-state index contributed by atoms with van der Waals surface area (Å²) in [5, 5.41) is 11.7. The number of nitrogens with one attached hydrogen (secondary N) is 1. The van der Waals surface area contributed by atoms with Crippen LogP contribution in [0, 0.1) is 0 Å². The molecule has 0 bridgehead atoms. The predicted molar refractivity (Wildman–Crippen MR) is 64.9 cm³/mol. The van der Waals surface area contributed by atoms with Crippen molar-refractivity contribution < 1.29 is 9.90 Å². The number of hydrogen-bond acceptors (Lipinski definition) is 4. The summed E-state index contributed by atoms with van der Waals surface area (Å²) >= 11 is 0. The Labute approximate surface area is 102 Å². The van der Waals surface area contributed by atoms with E-state index >= 15 is 0 Å². The number of urea groups is 1. The van der Waals surface area contributed by atoms with E-state index in [0.717, 1.165) is 58.9 Å². The molecule has 0 radical (unpaired) electrons. The van der Waals surface area contributed by atoms with Crippen LogP contribution in [0.1, 0.15) is 0 Å². The molecule has 98 valence electrons. The van der Waals surface area contributed by atoms with E-state index in [9.17, 15) is 4.79 Å². The van der Waals surface area contributed by atoms with Gasteiger partial charge in [-0.1, -0.05) is 0 Å². The lowest BCUT2D eigenvalue weighted by molar-refractivity contribution is 0.107. The molecule has 0 atom stereocenters. The summed E-state index contributed by atoms with van der Waals surface area (Å²) in [6, 6.07) is 0.0731. The Bertz CT molecular complexity index is 254. The molecule has 2 saturated heterocycles. The number of aliphatic hydroxyl groups is 1. The van der Waals surface area contributed by atoms with Crippen molar-refractivity contribution in [3.05, 3.63) is 0 Å². The van der Waals surface area contributed by atoms with Gasteiger partial charge in [0.05, 0.1) is 6.61 Å². The Morgan fingerprint density at radius 3 is 2.18 bits per heavy atom. The van der Waals surface area contributed by atoms with Gasteiger partial charge < -0.3 is 15.3 Å². The number of β-amino-alcohol motifs (C(OH)–C–C–N with tert-alkyl or cyclic N) is 1. The highest BCUT2D eigenvalue weighted by atomic mass is 16.3. The van der Waals surface area contributed by atoms with E-state index in [1.54, 1.807) is 0 Å². The van der Waals surface area contributed by atoms with Gasteiger partial charge in [0.1, 0.15) is 0 Å². The van der Waals surface area contributed by atoms with Crippen molar-refractivity contribution in [3.8, 4) is 0 Å². The molecule has 0 aromatic heterocycles. The number of carbonyl (C=O) groups is 1. The third-order valence-electron chi connectivity index (χ3n) is 3.51. The van der Waals surface area contributed by atoms with E-state index in [4.69, 9.17) is 5.11 Å². The van der Waals surface area contributed by atoms with Crippen LogP contribution in [-0.2, 0) is 0 Å². The number of hydrogen-bond donors (Lipinski definition) is 2. The first-order valence-corrected chi connectivity index (χ1v) is 6.38. The maximum absolute atomic E-state index is 11.3. The number of carbonyl (C=O) groups excluding carboxylic acids is 1. The van der Waals surface area contributed by atoms with Crippen molar-refractivity contribution in [3.63, 3.8) is 0 Å². The number of nitrogens with zero attached hydrogens (tertiary/aromatic N) is 3. The first-order chi connectivity index (χ1) is 8.29. The first-order valence-electron chi connectivity index (χ1n) is 6.38. The van der Waals surface area contributed by atoms with E-state index in [1.807, 2.05) is 4.90 Å². The van der Waals surface area contributed by atoms with Gasteiger partial charge in [-0.2, -0.15) is 0 Å². The molecule has 0 aliphatic carbocycles. The summed E-state index contributed by atoms with van der Waals surface area (Å²) in [5.41, 5.74) is 0. The van der Waals surface area contributed by atoms with Gasteiger partial charge >= 0.3 is 6.03 Å². The molecule has 6 heteroatoms. The highest BCUT2D eigenvalue weighted by Crippen LogP contribution is 2.02. The van der Waals surface area contributed by atoms with Crippen molar-refractivity contribution in [2.24, 2.45) is 0 Å². The lowest BCUT2D eigenvalue weighted by Gasteiger charge is -2.34. The number of aliphatic hydroxyl groups excluding tert-OH is 1. The third kappa shape index (κ3) is 3.55. The van der Waals surface area contributed by atoms with Crippen molar-refractivity contribution in [1.29, 1.82) is 0 Å². The minimum absolute atomic E-state index is 0.0731. The first kappa shape index (κ1) is 12.6. The van der Waals surface area contributed by atoms with Crippen LogP contribution >= 0.6 is 0 Å². The average molecular weight is 242 g/mol. The van der Waals surface area contributed by atoms with Crippen molar-refractivity contribution in [2.45, 2.75) is 0 Å². The lowest BCUT2D eigenvalue weighted by atomic mass is 10.3. The average Bonchev–Trinajstić information content (AvgIpc) is 2.75. The molecule has 0 saturated carbocycles. The minimum atomic E-state index is 0.0731. The van der Waals surface area contributed by atoms with Gasteiger partial charge in [0.15, 0.2) is 0 Å². The molecule has 2 amide bonds. The van der Waals surface area contributed by atoms with Gasteiger partial charge in [0.2, 0.25) is 0 Å². The van der Waals surface area contributed by atoms with Crippen LogP contribution < -0.4 is 5.32 Å². The Balaban J connectivity index is 1.63. The van der Waals surface area contributed by atoms with Gasteiger partial charge in [0, 0.05) is 58.9 Å². The summed E-state index contributed by atoms with van der Waals surface area (Å²) in [5.74, 6) is 0. The third-order valence-corrected chi connectivity index (χ3v) is 3.51. The van der Waals surface area contributed by atoms with Gasteiger partial charge in [-0.3, -0.25) is 9.80 Å². The van der Waals surface area contributed by atoms with Crippen LogP contribution in [0.15, 0.2) is 0 Å². The zero-order chi connectivity index (χ0) is 12.1. The van der Waals surface area contributed by atoms with Crippen LogP contribution in [0.25, 0.3) is 0 Å². The monoisotopic (exact) mass is 242 g/mol. The van der Waals surface area contributed by atoms with Gasteiger partial charge in [0.25, 0.3) is 0 Å². The standard InChI is InChI=1S/C11H22N4O2/c16-10-9-14-5-3-13(4-6-14)7-8-15-2-1-12-11(15)17/h16H,1-10H2,(H,12,17). The second-order valence-electron chi connectivity index (χ2n) is 4.63. The van der Waals surface area contributed by atoms with Crippen molar-refractivity contribution >= 4 is 6.03 Å². The van der Waals surface area contributed by atoms with Gasteiger partial charge in [-0.15, -0.1) is 0 Å². The molecular weight excluding hydrogens is 220 g/mol. The highest BCUT2D eigenvalue weighted by molar-refractivity contribution is 5.76. The summed E-state index contributed by atoms with van der Waals surface area (Å²) < 4.78 is 0. The van der Waals surface area contributed by atoms with Crippen molar-refractivity contribution in [2.75, 3.05) is 65.5 Å². The van der Waals surface area contributed by atoms with Crippen LogP contribution in [0.4, 0.5) is 4.79 Å². The van der Waals surface area contributed by atoms with Crippen molar-refractivity contribution in [1.82, 2.24) is 20.0 Å². The lowest BCUT2D eigenvalue weighted by Crippen LogP contribution is -2.49. The normalized spacial score (nSPS) is 23.1. The summed E-state index contributed by atoms with van der Waals surface area (Å²) in [6.07, 6.45) is 0. The quantitative estimate of drug-likeness (QED) is 0.624. The smallest absolute Gasteiger partial charge is 0.317 e. The SMILES string of the molecule is O=C1NCCN1CCN1CCN(CCO)CC1. The van der Waals surface area contributed by atoms with Crippen LogP contribution in [0.5, 0.6) is 0 Å². The molecule has 0 aromatic carbocycles. The fourth-order valence-corrected chi connectivity index (χ4v) is 2.36. The number of piperazine rings is 1. The maximum Gasteiger partial charge on any atom is 0.317 e. The van der Waals surface area contributed by atoms with E-state index in [2.05, 4.69) is 15.1 Å². The second-order valence-corrected chi connectivity index (χ2v) is 4.63. The largest absolute Gasteiger partial charge is 0.395 e. The molecule has 2 aliphatic heterocycles. The maximum atomic E-state index is 11.3. The Morgan fingerprint density at radius 2 is 1.65 bits per heavy atom. The molecule has 2 rings (SSSR count). The molecule has 0 aromatic rings. The fraction of sp³-hybridized carbons (Fsp3) is 0.909. The molecule has 2 fully saturated rings. The number of rotatable bonds is 5. The number of amides is 2. The van der Waals surface area contributed by atoms with Gasteiger partial charge in [-0.05, 0) is 0 Å². The van der Waals surface area contributed by atoms with Crippen LogP contribution in [-0.4, -0.2) is 91.3 Å². The van der Waals surface area contributed by atoms with E-state index < -0.39 is 0 Å². The molecule has 2 heterocycles. The molecular formula is C11H22N4O2. The summed E-state index contributed by atoms with van der Waals surface area (Å²) in [7, 11) is 0. The topological polar surface area (TPSA) is 59.1 Å². The Hall–Kier alpha value is -0.850. The predicted octanol–water partition coefficient (Wildman–Crippen LogP) is -1.38. The second kappa shape index (κ2) is 6.18. The van der Waals surface area contributed by atoms with Crippen LogP contribution in [0.2, 0.25) is 0 Å². The summed E-state index contributed by atoms with van der Waals surface area (Å²) in [6.45, 7) is 8.54. The van der Waals surface area contributed by atoms with E-state index in [1.165, 1.54) is 0 Å². The summed E-state index contributed by atoms with van der Waals surface area (Å²) in [4.78, 5) is 17.9. The zero-order valence-electron chi connectivity index (χ0n) is 10.3. The van der Waals surface area contributed by atoms with Gasteiger partial charge in [-0.25, -0.2) is 4.79 Å². The molecule has 17 heavy (non-hydrogen) atoms. The fourth-order valence-electron chi connectivity index (χ4n) is 2.36. The molecule has 0 unspecified atom stereocenters. The van der Waals surface area contributed by atoms with E-state index in [-0.39, 0.29) is 12.6 Å². The molecule has 0 spiro atoms. The van der Waals surface area contributed by atoms with Crippen LogP contribution in [0.3, 0.4) is 0 Å². The Kier molecular flexibility index (Phi) is 4.58.